The van der Waals surface area contributed by atoms with Crippen LogP contribution in [-0.2, 0) is 0 Å². The van der Waals surface area contributed by atoms with E-state index in [0.29, 0.717) is 12.8 Å². The second kappa shape index (κ2) is 6.00. The summed E-state index contributed by atoms with van der Waals surface area (Å²) >= 11 is 0. The highest BCUT2D eigenvalue weighted by molar-refractivity contribution is 5.94. The number of benzene rings is 1. The number of carbonyl (C=O) groups excluding carboxylic acids is 1. The number of nitrogens with one attached hydrogen (secondary N) is 1. The summed E-state index contributed by atoms with van der Waals surface area (Å²) in [5, 5.41) is 2.56. The molecule has 0 aliphatic heterocycles. The van der Waals surface area contributed by atoms with E-state index in [1.807, 2.05) is 6.92 Å². The van der Waals surface area contributed by atoms with E-state index in [2.05, 4.69) is 11.2 Å². The van der Waals surface area contributed by atoms with Gasteiger partial charge >= 0.3 is 0 Å². The molecule has 90 valence electrons. The van der Waals surface area contributed by atoms with Crippen molar-refractivity contribution in [3.05, 3.63) is 35.4 Å². The standard InChI is InChI=1S/C13H13F2NO/c1-3-6-9(4-2)16-13(17)10-7-5-8-11(14)12(10)15/h1,5,7-9H,4,6H2,2H3,(H,16,17). The summed E-state index contributed by atoms with van der Waals surface area (Å²) in [4.78, 5) is 11.7. The van der Waals surface area contributed by atoms with Crippen LogP contribution in [0.1, 0.15) is 30.1 Å². The number of carbonyl (C=O) groups is 1. The molecule has 0 saturated heterocycles. The van der Waals surface area contributed by atoms with Gasteiger partial charge in [-0.2, -0.15) is 0 Å². The van der Waals surface area contributed by atoms with Gasteiger partial charge in [0.25, 0.3) is 5.91 Å². The summed E-state index contributed by atoms with van der Waals surface area (Å²) in [6, 6.07) is 3.26. The van der Waals surface area contributed by atoms with Crippen molar-refractivity contribution in [2.75, 3.05) is 0 Å². The number of hydrogen-bond donors (Lipinski definition) is 1. The number of rotatable bonds is 4. The molecule has 0 spiro atoms. The molecule has 1 unspecified atom stereocenters. The van der Waals surface area contributed by atoms with Gasteiger partial charge in [0, 0.05) is 12.5 Å². The monoisotopic (exact) mass is 237 g/mol. The van der Waals surface area contributed by atoms with Crippen molar-refractivity contribution in [2.45, 2.75) is 25.8 Å². The fourth-order valence-electron chi connectivity index (χ4n) is 1.38. The molecule has 0 radical (unpaired) electrons. The predicted octanol–water partition coefficient (Wildman–Crippen LogP) is 2.50. The van der Waals surface area contributed by atoms with E-state index in [0.717, 1.165) is 6.07 Å². The van der Waals surface area contributed by atoms with Gasteiger partial charge < -0.3 is 5.32 Å². The molecule has 2 nitrogen and oxygen atoms in total. The van der Waals surface area contributed by atoms with E-state index in [1.54, 1.807) is 0 Å². The molecule has 0 bridgehead atoms. The molecule has 4 heteroatoms. The maximum atomic E-state index is 13.3. The Morgan fingerprint density at radius 3 is 2.82 bits per heavy atom. The SMILES string of the molecule is C#CCC(CC)NC(=O)c1cccc(F)c1F. The van der Waals surface area contributed by atoms with Crippen molar-refractivity contribution >= 4 is 5.91 Å². The molecule has 1 rings (SSSR count). The summed E-state index contributed by atoms with van der Waals surface area (Å²) < 4.78 is 26.2. The topological polar surface area (TPSA) is 29.1 Å². The second-order valence-corrected chi connectivity index (χ2v) is 3.59. The molecule has 1 aromatic rings. The summed E-state index contributed by atoms with van der Waals surface area (Å²) in [6.45, 7) is 1.85. The van der Waals surface area contributed by atoms with E-state index in [-0.39, 0.29) is 11.6 Å². The first-order valence-corrected chi connectivity index (χ1v) is 5.28. The zero-order chi connectivity index (χ0) is 12.8. The van der Waals surface area contributed by atoms with Gasteiger partial charge in [0.2, 0.25) is 0 Å². The smallest absolute Gasteiger partial charge is 0.254 e. The quantitative estimate of drug-likeness (QED) is 0.801. The Balaban J connectivity index is 2.83. The lowest BCUT2D eigenvalue weighted by atomic mass is 10.1. The molecule has 0 saturated carbocycles. The molecule has 1 N–H and O–H groups in total. The molecule has 1 aromatic carbocycles. The molecule has 0 aliphatic carbocycles. The lowest BCUT2D eigenvalue weighted by Crippen LogP contribution is -2.34. The van der Waals surface area contributed by atoms with E-state index in [4.69, 9.17) is 6.42 Å². The third-order valence-electron chi connectivity index (χ3n) is 2.39. The van der Waals surface area contributed by atoms with Crippen LogP contribution >= 0.6 is 0 Å². The van der Waals surface area contributed by atoms with Crippen LogP contribution in [0.15, 0.2) is 18.2 Å². The maximum absolute atomic E-state index is 13.3. The summed E-state index contributed by atoms with van der Waals surface area (Å²) in [7, 11) is 0. The van der Waals surface area contributed by atoms with Crippen LogP contribution in [0.25, 0.3) is 0 Å². The lowest BCUT2D eigenvalue weighted by molar-refractivity contribution is 0.0931. The van der Waals surface area contributed by atoms with E-state index in [9.17, 15) is 13.6 Å². The van der Waals surface area contributed by atoms with Crippen LogP contribution in [-0.4, -0.2) is 11.9 Å². The van der Waals surface area contributed by atoms with Crippen LogP contribution in [0.2, 0.25) is 0 Å². The average molecular weight is 237 g/mol. The molecule has 0 aliphatic rings. The molecule has 1 amide bonds. The van der Waals surface area contributed by atoms with Crippen molar-refractivity contribution in [3.8, 4) is 12.3 Å². The highest BCUT2D eigenvalue weighted by Crippen LogP contribution is 2.11. The molecule has 0 aromatic heterocycles. The molecule has 0 fully saturated rings. The highest BCUT2D eigenvalue weighted by Gasteiger charge is 2.17. The third kappa shape index (κ3) is 3.28. The fraction of sp³-hybridized carbons (Fsp3) is 0.308. The van der Waals surface area contributed by atoms with Gasteiger partial charge in [-0.3, -0.25) is 4.79 Å². The van der Waals surface area contributed by atoms with Crippen LogP contribution in [0.4, 0.5) is 8.78 Å². The Hall–Kier alpha value is -1.89. The first-order valence-electron chi connectivity index (χ1n) is 5.28. The Bertz CT molecular complexity index is 451. The minimum Gasteiger partial charge on any atom is -0.348 e. The maximum Gasteiger partial charge on any atom is 0.254 e. The van der Waals surface area contributed by atoms with Gasteiger partial charge in [-0.25, -0.2) is 8.78 Å². The van der Waals surface area contributed by atoms with Crippen molar-refractivity contribution < 1.29 is 13.6 Å². The fourth-order valence-corrected chi connectivity index (χ4v) is 1.38. The van der Waals surface area contributed by atoms with Gasteiger partial charge in [-0.1, -0.05) is 13.0 Å². The largest absolute Gasteiger partial charge is 0.348 e. The molecular formula is C13H13F2NO. The van der Waals surface area contributed by atoms with Crippen molar-refractivity contribution in [1.82, 2.24) is 5.32 Å². The summed E-state index contributed by atoms with van der Waals surface area (Å²) in [5.41, 5.74) is -0.305. The highest BCUT2D eigenvalue weighted by atomic mass is 19.2. The number of terminal acetylenes is 1. The Kier molecular flexibility index (Phi) is 4.65. The minimum atomic E-state index is -1.14. The Labute approximate surface area is 99.0 Å². The van der Waals surface area contributed by atoms with Crippen LogP contribution in [0.3, 0.4) is 0 Å². The van der Waals surface area contributed by atoms with Gasteiger partial charge in [0.1, 0.15) is 0 Å². The predicted molar refractivity (Wildman–Crippen MR) is 61.4 cm³/mol. The first kappa shape index (κ1) is 13.2. The van der Waals surface area contributed by atoms with Gasteiger partial charge in [-0.05, 0) is 18.6 Å². The summed E-state index contributed by atoms with van der Waals surface area (Å²) in [6.07, 6.45) is 6.13. The van der Waals surface area contributed by atoms with E-state index < -0.39 is 17.5 Å². The van der Waals surface area contributed by atoms with Crippen molar-refractivity contribution in [2.24, 2.45) is 0 Å². The Morgan fingerprint density at radius 1 is 1.53 bits per heavy atom. The third-order valence-corrected chi connectivity index (χ3v) is 2.39. The number of halogens is 2. The minimum absolute atomic E-state index is 0.227. The Morgan fingerprint density at radius 2 is 2.24 bits per heavy atom. The lowest BCUT2D eigenvalue weighted by Gasteiger charge is -2.14. The molecule has 1 atom stereocenters. The number of hydrogen-bond acceptors (Lipinski definition) is 1. The average Bonchev–Trinajstić information content (AvgIpc) is 2.31. The van der Waals surface area contributed by atoms with Gasteiger partial charge in [-0.15, -0.1) is 12.3 Å². The zero-order valence-corrected chi connectivity index (χ0v) is 9.47. The normalized spacial score (nSPS) is 11.6. The van der Waals surface area contributed by atoms with E-state index >= 15 is 0 Å². The van der Waals surface area contributed by atoms with Crippen LogP contribution in [0.5, 0.6) is 0 Å². The van der Waals surface area contributed by atoms with Crippen molar-refractivity contribution in [1.29, 1.82) is 0 Å². The van der Waals surface area contributed by atoms with Crippen LogP contribution in [0, 0.1) is 24.0 Å². The van der Waals surface area contributed by atoms with Gasteiger partial charge in [0.15, 0.2) is 11.6 Å². The van der Waals surface area contributed by atoms with Crippen molar-refractivity contribution in [3.63, 3.8) is 0 Å². The second-order valence-electron chi connectivity index (χ2n) is 3.59. The van der Waals surface area contributed by atoms with E-state index in [1.165, 1.54) is 12.1 Å². The first-order chi connectivity index (χ1) is 8.10. The summed E-state index contributed by atoms with van der Waals surface area (Å²) in [5.74, 6) is -0.408. The molecular weight excluding hydrogens is 224 g/mol. The zero-order valence-electron chi connectivity index (χ0n) is 9.47. The van der Waals surface area contributed by atoms with Crippen LogP contribution < -0.4 is 5.32 Å². The molecule has 17 heavy (non-hydrogen) atoms. The van der Waals surface area contributed by atoms with Gasteiger partial charge in [0.05, 0.1) is 5.56 Å². The molecule has 0 heterocycles. The number of amides is 1.